The first kappa shape index (κ1) is 17.0. The van der Waals surface area contributed by atoms with Crippen LogP contribution in [0.2, 0.25) is 0 Å². The lowest BCUT2D eigenvalue weighted by Crippen LogP contribution is -1.82. The SMILES string of the molecule is C1=CC2CCC1C2.Nc1cc2ccccc2o1.O=Cc1ccccc1. The molecular formula is C22H23NO2. The van der Waals surface area contributed by atoms with E-state index in [2.05, 4.69) is 12.2 Å². The number of aldehydes is 1. The van der Waals surface area contributed by atoms with Crippen molar-refractivity contribution in [3.63, 3.8) is 0 Å². The number of para-hydroxylation sites is 1. The molecule has 0 aliphatic heterocycles. The zero-order valence-electron chi connectivity index (χ0n) is 14.2. The topological polar surface area (TPSA) is 56.2 Å². The van der Waals surface area contributed by atoms with E-state index < -0.39 is 0 Å². The van der Waals surface area contributed by atoms with Gasteiger partial charge in [-0.1, -0.05) is 60.7 Å². The van der Waals surface area contributed by atoms with Crippen molar-refractivity contribution in [1.29, 1.82) is 0 Å². The van der Waals surface area contributed by atoms with Crippen molar-refractivity contribution < 1.29 is 9.21 Å². The lowest BCUT2D eigenvalue weighted by atomic mass is 10.1. The normalized spacial score (nSPS) is 19.7. The van der Waals surface area contributed by atoms with Gasteiger partial charge in [0.2, 0.25) is 0 Å². The summed E-state index contributed by atoms with van der Waals surface area (Å²) in [6.45, 7) is 0. The van der Waals surface area contributed by atoms with Gasteiger partial charge < -0.3 is 10.2 Å². The van der Waals surface area contributed by atoms with Crippen molar-refractivity contribution in [2.75, 3.05) is 5.73 Å². The number of allylic oxidation sites excluding steroid dienone is 2. The average molecular weight is 333 g/mol. The minimum absolute atomic E-state index is 0.473. The Balaban J connectivity index is 0.000000111. The molecule has 1 fully saturated rings. The van der Waals surface area contributed by atoms with Crippen molar-refractivity contribution in [1.82, 2.24) is 0 Å². The lowest BCUT2D eigenvalue weighted by Gasteiger charge is -1.96. The van der Waals surface area contributed by atoms with Crippen LogP contribution in [0.4, 0.5) is 5.88 Å². The number of hydrogen-bond acceptors (Lipinski definition) is 3. The van der Waals surface area contributed by atoms with Crippen LogP contribution in [0.1, 0.15) is 29.6 Å². The highest BCUT2D eigenvalue weighted by Gasteiger charge is 2.25. The number of benzene rings is 2. The number of carbonyl (C=O) groups is 1. The third-order valence-corrected chi connectivity index (χ3v) is 4.55. The van der Waals surface area contributed by atoms with Gasteiger partial charge in [0.05, 0.1) is 0 Å². The molecule has 1 saturated carbocycles. The molecule has 2 bridgehead atoms. The van der Waals surface area contributed by atoms with E-state index in [0.717, 1.165) is 34.7 Å². The quantitative estimate of drug-likeness (QED) is 0.473. The minimum Gasteiger partial charge on any atom is -0.441 e. The number of furan rings is 1. The maximum atomic E-state index is 10.0. The standard InChI is InChI=1S/C8H7NO.C7H6O.C7H10/c9-8-5-6-3-1-2-4-7(6)10-8;8-6-7-4-2-1-3-5-7;1-2-7-4-3-6(1)5-7/h1-5H,9H2;1-6H;1-2,6-7H,3-5H2. The van der Waals surface area contributed by atoms with Crippen molar-refractivity contribution in [3.8, 4) is 0 Å². The molecule has 1 aromatic heterocycles. The van der Waals surface area contributed by atoms with E-state index in [1.54, 1.807) is 12.1 Å². The van der Waals surface area contributed by atoms with Crippen LogP contribution in [0, 0.1) is 11.8 Å². The number of rotatable bonds is 1. The van der Waals surface area contributed by atoms with E-state index in [4.69, 9.17) is 10.2 Å². The van der Waals surface area contributed by atoms with E-state index in [1.807, 2.05) is 48.5 Å². The van der Waals surface area contributed by atoms with E-state index in [9.17, 15) is 4.79 Å². The summed E-state index contributed by atoms with van der Waals surface area (Å²) in [5, 5.41) is 1.06. The van der Waals surface area contributed by atoms with Crippen LogP contribution in [0.5, 0.6) is 0 Å². The first-order chi connectivity index (χ1) is 12.2. The van der Waals surface area contributed by atoms with Crippen LogP contribution >= 0.6 is 0 Å². The summed E-state index contributed by atoms with van der Waals surface area (Å²) in [5.74, 6) is 2.45. The number of anilines is 1. The van der Waals surface area contributed by atoms with Crippen molar-refractivity contribution in [3.05, 3.63) is 78.4 Å². The molecular weight excluding hydrogens is 310 g/mol. The Morgan fingerprint density at radius 1 is 0.920 bits per heavy atom. The van der Waals surface area contributed by atoms with Crippen LogP contribution in [0.3, 0.4) is 0 Å². The first-order valence-electron chi connectivity index (χ1n) is 8.67. The van der Waals surface area contributed by atoms with Crippen LogP contribution in [0.15, 0.2) is 77.2 Å². The Bertz CT molecular complexity index is 790. The van der Waals surface area contributed by atoms with Gasteiger partial charge in [0.15, 0.2) is 5.88 Å². The highest BCUT2D eigenvalue weighted by Crippen LogP contribution is 2.38. The van der Waals surface area contributed by atoms with Gasteiger partial charge >= 0.3 is 0 Å². The molecule has 2 N–H and O–H groups in total. The van der Waals surface area contributed by atoms with Crippen LogP contribution in [-0.2, 0) is 0 Å². The molecule has 3 heteroatoms. The maximum absolute atomic E-state index is 10.0. The van der Waals surface area contributed by atoms with Gasteiger partial charge in [-0.25, -0.2) is 0 Å². The average Bonchev–Trinajstić information content (AvgIpc) is 3.39. The molecule has 3 aromatic rings. The Morgan fingerprint density at radius 2 is 1.56 bits per heavy atom. The second kappa shape index (κ2) is 8.34. The second-order valence-corrected chi connectivity index (χ2v) is 6.43. The largest absolute Gasteiger partial charge is 0.441 e. The summed E-state index contributed by atoms with van der Waals surface area (Å²) in [6, 6.07) is 18.7. The lowest BCUT2D eigenvalue weighted by molar-refractivity contribution is 0.112. The summed E-state index contributed by atoms with van der Waals surface area (Å²) in [5.41, 5.74) is 7.00. The monoisotopic (exact) mass is 333 g/mol. The number of nitrogen functional groups attached to an aromatic ring is 1. The fraction of sp³-hybridized carbons (Fsp3) is 0.227. The summed E-state index contributed by atoms with van der Waals surface area (Å²) >= 11 is 0. The summed E-state index contributed by atoms with van der Waals surface area (Å²) in [4.78, 5) is 10.0. The van der Waals surface area contributed by atoms with Crippen molar-refractivity contribution in [2.24, 2.45) is 11.8 Å². The molecule has 0 radical (unpaired) electrons. The third-order valence-electron chi connectivity index (χ3n) is 4.55. The van der Waals surface area contributed by atoms with E-state index in [-0.39, 0.29) is 0 Å². The maximum Gasteiger partial charge on any atom is 0.191 e. The number of nitrogens with two attached hydrogens (primary N) is 1. The van der Waals surface area contributed by atoms with Crippen LogP contribution in [0.25, 0.3) is 11.0 Å². The molecule has 128 valence electrons. The predicted molar refractivity (Wildman–Crippen MR) is 102 cm³/mol. The predicted octanol–water partition coefficient (Wildman–Crippen LogP) is 5.49. The van der Waals surface area contributed by atoms with Gasteiger partial charge in [0.1, 0.15) is 11.9 Å². The third kappa shape index (κ3) is 4.83. The van der Waals surface area contributed by atoms with Gasteiger partial charge in [-0.15, -0.1) is 0 Å². The van der Waals surface area contributed by atoms with Crippen LogP contribution < -0.4 is 5.73 Å². The number of hydrogen-bond donors (Lipinski definition) is 1. The molecule has 0 amide bonds. The van der Waals surface area contributed by atoms with Crippen LogP contribution in [-0.4, -0.2) is 6.29 Å². The zero-order valence-corrected chi connectivity index (χ0v) is 14.2. The molecule has 2 aliphatic rings. The first-order valence-corrected chi connectivity index (χ1v) is 8.67. The highest BCUT2D eigenvalue weighted by atomic mass is 16.3. The molecule has 3 nitrogen and oxygen atoms in total. The van der Waals surface area contributed by atoms with E-state index in [1.165, 1.54) is 19.3 Å². The molecule has 25 heavy (non-hydrogen) atoms. The number of carbonyl (C=O) groups excluding carboxylic acids is 1. The highest BCUT2D eigenvalue weighted by molar-refractivity contribution is 5.80. The second-order valence-electron chi connectivity index (χ2n) is 6.43. The molecule has 5 rings (SSSR count). The fourth-order valence-electron chi connectivity index (χ4n) is 3.25. The van der Waals surface area contributed by atoms with E-state index in [0.29, 0.717) is 5.88 Å². The Hall–Kier alpha value is -2.81. The van der Waals surface area contributed by atoms with E-state index >= 15 is 0 Å². The molecule has 0 saturated heterocycles. The molecule has 2 unspecified atom stereocenters. The Kier molecular flexibility index (Phi) is 5.68. The fourth-order valence-corrected chi connectivity index (χ4v) is 3.25. The smallest absolute Gasteiger partial charge is 0.191 e. The van der Waals surface area contributed by atoms with Gasteiger partial charge in [-0.2, -0.15) is 0 Å². The molecule has 2 aliphatic carbocycles. The van der Waals surface area contributed by atoms with Crippen molar-refractivity contribution >= 4 is 23.1 Å². The van der Waals surface area contributed by atoms with Gasteiger partial charge in [-0.3, -0.25) is 4.79 Å². The summed E-state index contributed by atoms with van der Waals surface area (Å²) in [7, 11) is 0. The Morgan fingerprint density at radius 3 is 2.04 bits per heavy atom. The zero-order chi connectivity index (χ0) is 17.5. The number of fused-ring (bicyclic) bond motifs is 3. The van der Waals surface area contributed by atoms with Gasteiger partial charge in [-0.05, 0) is 37.2 Å². The molecule has 2 aromatic carbocycles. The molecule has 1 heterocycles. The molecule has 0 spiro atoms. The van der Waals surface area contributed by atoms with Crippen molar-refractivity contribution in [2.45, 2.75) is 19.3 Å². The summed E-state index contributed by atoms with van der Waals surface area (Å²) in [6.07, 6.45) is 10.0. The van der Waals surface area contributed by atoms with Gasteiger partial charge in [0, 0.05) is 17.0 Å². The minimum atomic E-state index is 0.473. The molecule has 2 atom stereocenters. The van der Waals surface area contributed by atoms with Gasteiger partial charge in [0.25, 0.3) is 0 Å². The Labute approximate surface area is 148 Å². The summed E-state index contributed by atoms with van der Waals surface area (Å²) < 4.78 is 5.15.